The predicted octanol–water partition coefficient (Wildman–Crippen LogP) is 2.77. The van der Waals surface area contributed by atoms with E-state index in [1.165, 1.54) is 18.2 Å². The van der Waals surface area contributed by atoms with E-state index in [4.69, 9.17) is 5.73 Å². The maximum Gasteiger partial charge on any atom is 0.418 e. The topological polar surface area (TPSA) is 55.1 Å². The number of anilines is 1. The minimum absolute atomic E-state index is 0.0337. The molecular formula is C13H15F3N2O. The van der Waals surface area contributed by atoms with Crippen molar-refractivity contribution in [3.63, 3.8) is 0 Å². The Labute approximate surface area is 109 Å². The molecule has 0 saturated heterocycles. The summed E-state index contributed by atoms with van der Waals surface area (Å²) in [5.41, 5.74) is 4.67. The lowest BCUT2D eigenvalue weighted by Gasteiger charge is -2.15. The summed E-state index contributed by atoms with van der Waals surface area (Å²) >= 11 is 0. The van der Waals surface area contributed by atoms with Crippen LogP contribution in [0.3, 0.4) is 0 Å². The molecule has 0 heterocycles. The second kappa shape index (κ2) is 5.21. The molecule has 2 unspecified atom stereocenters. The number of nitrogens with one attached hydrogen (secondary N) is 1. The van der Waals surface area contributed by atoms with E-state index < -0.39 is 11.7 Å². The van der Waals surface area contributed by atoms with Gasteiger partial charge in [0.15, 0.2) is 0 Å². The third-order valence-electron chi connectivity index (χ3n) is 3.33. The number of alkyl halides is 3. The number of hydrogen-bond acceptors (Lipinski definition) is 2. The SMILES string of the molecule is NC1CCC(C(=O)Nc2ccccc2C(F)(F)F)C1. The van der Waals surface area contributed by atoms with Gasteiger partial charge in [-0.25, -0.2) is 0 Å². The molecule has 1 amide bonds. The van der Waals surface area contributed by atoms with E-state index in [9.17, 15) is 18.0 Å². The molecule has 1 aromatic rings. The predicted molar refractivity (Wildman–Crippen MR) is 65.4 cm³/mol. The van der Waals surface area contributed by atoms with Gasteiger partial charge >= 0.3 is 6.18 Å². The minimum atomic E-state index is -4.48. The molecule has 2 rings (SSSR count). The number of nitrogens with two attached hydrogens (primary N) is 1. The van der Waals surface area contributed by atoms with Crippen molar-refractivity contribution in [3.05, 3.63) is 29.8 Å². The third-order valence-corrected chi connectivity index (χ3v) is 3.33. The van der Waals surface area contributed by atoms with Crippen LogP contribution < -0.4 is 11.1 Å². The van der Waals surface area contributed by atoms with Gasteiger partial charge in [-0.3, -0.25) is 4.79 Å². The Morgan fingerprint density at radius 2 is 1.95 bits per heavy atom. The monoisotopic (exact) mass is 272 g/mol. The quantitative estimate of drug-likeness (QED) is 0.869. The van der Waals surface area contributed by atoms with Crippen molar-refractivity contribution >= 4 is 11.6 Å². The summed E-state index contributed by atoms with van der Waals surface area (Å²) in [6, 6.07) is 4.94. The molecule has 0 radical (unpaired) electrons. The Morgan fingerprint density at radius 1 is 1.26 bits per heavy atom. The van der Waals surface area contributed by atoms with Crippen LogP contribution in [0.15, 0.2) is 24.3 Å². The first-order valence-corrected chi connectivity index (χ1v) is 6.10. The molecule has 6 heteroatoms. The maximum atomic E-state index is 12.8. The number of carbonyl (C=O) groups excluding carboxylic acids is 1. The zero-order chi connectivity index (χ0) is 14.0. The summed E-state index contributed by atoms with van der Waals surface area (Å²) in [7, 11) is 0. The lowest BCUT2D eigenvalue weighted by atomic mass is 10.1. The number of hydrogen-bond donors (Lipinski definition) is 2. The molecule has 1 saturated carbocycles. The van der Waals surface area contributed by atoms with Gasteiger partial charge in [0.05, 0.1) is 11.3 Å². The van der Waals surface area contributed by atoms with Gasteiger partial charge < -0.3 is 11.1 Å². The molecule has 3 nitrogen and oxygen atoms in total. The van der Waals surface area contributed by atoms with Gasteiger partial charge in [0.2, 0.25) is 5.91 Å². The van der Waals surface area contributed by atoms with Gasteiger partial charge in [0.1, 0.15) is 0 Å². The van der Waals surface area contributed by atoms with Crippen LogP contribution >= 0.6 is 0 Å². The number of para-hydroxylation sites is 1. The van der Waals surface area contributed by atoms with E-state index in [0.717, 1.165) is 12.5 Å². The molecule has 3 N–H and O–H groups in total. The van der Waals surface area contributed by atoms with Crippen LogP contribution in [0.4, 0.5) is 18.9 Å². The summed E-state index contributed by atoms with van der Waals surface area (Å²) in [5.74, 6) is -0.680. The average Bonchev–Trinajstić information content (AvgIpc) is 2.75. The minimum Gasteiger partial charge on any atom is -0.328 e. The van der Waals surface area contributed by atoms with Crippen LogP contribution in [0.1, 0.15) is 24.8 Å². The highest BCUT2D eigenvalue weighted by Crippen LogP contribution is 2.35. The van der Waals surface area contributed by atoms with Crippen molar-refractivity contribution in [2.45, 2.75) is 31.5 Å². The Morgan fingerprint density at radius 3 is 2.53 bits per heavy atom. The van der Waals surface area contributed by atoms with Crippen LogP contribution in [0.5, 0.6) is 0 Å². The first-order chi connectivity index (χ1) is 8.88. The highest BCUT2D eigenvalue weighted by molar-refractivity contribution is 5.93. The number of benzene rings is 1. The highest BCUT2D eigenvalue weighted by atomic mass is 19.4. The van der Waals surface area contributed by atoms with E-state index in [0.29, 0.717) is 12.8 Å². The smallest absolute Gasteiger partial charge is 0.328 e. The summed E-state index contributed by atoms with van der Waals surface area (Å²) in [5, 5.41) is 2.37. The molecule has 19 heavy (non-hydrogen) atoms. The van der Waals surface area contributed by atoms with Crippen molar-refractivity contribution in [1.29, 1.82) is 0 Å². The number of carbonyl (C=O) groups is 1. The standard InChI is InChI=1S/C13H15F3N2O/c14-13(15,16)10-3-1-2-4-11(10)18-12(19)8-5-6-9(17)7-8/h1-4,8-9H,5-7,17H2,(H,18,19). The fraction of sp³-hybridized carbons (Fsp3) is 0.462. The number of halogens is 3. The first kappa shape index (κ1) is 13.9. The molecule has 1 fully saturated rings. The molecule has 104 valence electrons. The third kappa shape index (κ3) is 3.26. The molecule has 2 atom stereocenters. The Balaban J connectivity index is 2.13. The fourth-order valence-electron chi connectivity index (χ4n) is 2.33. The second-order valence-corrected chi connectivity index (χ2v) is 4.80. The maximum absolute atomic E-state index is 12.8. The van der Waals surface area contributed by atoms with Crippen molar-refractivity contribution in [2.75, 3.05) is 5.32 Å². The molecule has 0 spiro atoms. The summed E-state index contributed by atoms with van der Waals surface area (Å²) in [4.78, 5) is 11.9. The highest BCUT2D eigenvalue weighted by Gasteiger charge is 2.34. The largest absolute Gasteiger partial charge is 0.418 e. The van der Waals surface area contributed by atoms with E-state index in [1.54, 1.807) is 0 Å². The van der Waals surface area contributed by atoms with Crippen molar-refractivity contribution in [3.8, 4) is 0 Å². The van der Waals surface area contributed by atoms with Crippen LogP contribution in [0.25, 0.3) is 0 Å². The zero-order valence-corrected chi connectivity index (χ0v) is 10.2. The van der Waals surface area contributed by atoms with Gasteiger partial charge in [0.25, 0.3) is 0 Å². The van der Waals surface area contributed by atoms with Gasteiger partial charge in [0, 0.05) is 12.0 Å². The van der Waals surface area contributed by atoms with Crippen LogP contribution in [0, 0.1) is 5.92 Å². The van der Waals surface area contributed by atoms with Crippen molar-refractivity contribution in [2.24, 2.45) is 11.7 Å². The van der Waals surface area contributed by atoms with Crippen molar-refractivity contribution in [1.82, 2.24) is 0 Å². The molecule has 1 aromatic carbocycles. The van der Waals surface area contributed by atoms with Crippen molar-refractivity contribution < 1.29 is 18.0 Å². The summed E-state index contributed by atoms with van der Waals surface area (Å²) in [6.45, 7) is 0. The average molecular weight is 272 g/mol. The normalized spacial score (nSPS) is 23.4. The second-order valence-electron chi connectivity index (χ2n) is 4.80. The Hall–Kier alpha value is -1.56. The lowest BCUT2D eigenvalue weighted by molar-refractivity contribution is -0.137. The molecular weight excluding hydrogens is 257 g/mol. The molecule has 1 aliphatic carbocycles. The fourth-order valence-corrected chi connectivity index (χ4v) is 2.33. The molecule has 1 aliphatic rings. The van der Waals surface area contributed by atoms with Gasteiger partial charge in [-0.1, -0.05) is 12.1 Å². The molecule has 0 bridgehead atoms. The van der Waals surface area contributed by atoms with Crippen LogP contribution in [-0.2, 0) is 11.0 Å². The van der Waals surface area contributed by atoms with E-state index in [-0.39, 0.29) is 23.6 Å². The lowest BCUT2D eigenvalue weighted by Crippen LogP contribution is -2.24. The van der Waals surface area contributed by atoms with Gasteiger partial charge in [-0.2, -0.15) is 13.2 Å². The van der Waals surface area contributed by atoms with E-state index in [1.807, 2.05) is 0 Å². The van der Waals surface area contributed by atoms with E-state index >= 15 is 0 Å². The van der Waals surface area contributed by atoms with Crippen LogP contribution in [0.2, 0.25) is 0 Å². The Kier molecular flexibility index (Phi) is 3.80. The molecule has 0 aromatic heterocycles. The number of rotatable bonds is 2. The van der Waals surface area contributed by atoms with Gasteiger partial charge in [-0.15, -0.1) is 0 Å². The first-order valence-electron chi connectivity index (χ1n) is 6.10. The van der Waals surface area contributed by atoms with Crippen LogP contribution in [-0.4, -0.2) is 11.9 Å². The summed E-state index contributed by atoms with van der Waals surface area (Å²) in [6.07, 6.45) is -2.59. The van der Waals surface area contributed by atoms with E-state index in [2.05, 4.69) is 5.32 Å². The number of amides is 1. The summed E-state index contributed by atoms with van der Waals surface area (Å²) < 4.78 is 38.3. The zero-order valence-electron chi connectivity index (χ0n) is 10.2. The molecule has 0 aliphatic heterocycles. The Bertz CT molecular complexity index is 473. The van der Waals surface area contributed by atoms with Gasteiger partial charge in [-0.05, 0) is 31.4 Å².